The fourth-order valence-electron chi connectivity index (χ4n) is 3.10. The van der Waals surface area contributed by atoms with Crippen molar-refractivity contribution in [2.45, 2.75) is 46.1 Å². The van der Waals surface area contributed by atoms with E-state index in [1.165, 1.54) is 12.1 Å². The highest BCUT2D eigenvalue weighted by Crippen LogP contribution is 2.32. The SMILES string of the molecule is CCC(Oc1ccc(OCc2cc(-c3ccc(C(F)(F)F)cc3)oc2C)cc1C)C(=O)O. The summed E-state index contributed by atoms with van der Waals surface area (Å²) in [6.45, 7) is 5.48. The molecule has 1 N–H and O–H groups in total. The van der Waals surface area contributed by atoms with Gasteiger partial charge < -0.3 is 19.0 Å². The van der Waals surface area contributed by atoms with Gasteiger partial charge in [-0.3, -0.25) is 0 Å². The molecule has 32 heavy (non-hydrogen) atoms. The van der Waals surface area contributed by atoms with Gasteiger partial charge in [-0.1, -0.05) is 19.1 Å². The van der Waals surface area contributed by atoms with Gasteiger partial charge in [0.15, 0.2) is 6.10 Å². The van der Waals surface area contributed by atoms with Crippen LogP contribution < -0.4 is 9.47 Å². The molecule has 0 aliphatic carbocycles. The molecule has 3 aromatic rings. The Kier molecular flexibility index (Phi) is 6.81. The first kappa shape index (κ1) is 23.2. The van der Waals surface area contributed by atoms with E-state index >= 15 is 0 Å². The van der Waals surface area contributed by atoms with Crippen LogP contribution >= 0.6 is 0 Å². The average Bonchev–Trinajstić information content (AvgIpc) is 3.11. The van der Waals surface area contributed by atoms with Crippen molar-refractivity contribution in [1.82, 2.24) is 0 Å². The Labute approximate surface area is 183 Å². The third-order valence-electron chi connectivity index (χ3n) is 4.97. The van der Waals surface area contributed by atoms with Crippen LogP contribution in [0.5, 0.6) is 11.5 Å². The first-order chi connectivity index (χ1) is 15.1. The third kappa shape index (κ3) is 5.43. The minimum Gasteiger partial charge on any atom is -0.489 e. The molecular formula is C24H23F3O5. The fourth-order valence-corrected chi connectivity index (χ4v) is 3.10. The molecule has 0 aliphatic rings. The highest BCUT2D eigenvalue weighted by atomic mass is 19.4. The van der Waals surface area contributed by atoms with Gasteiger partial charge in [-0.2, -0.15) is 13.2 Å². The van der Waals surface area contributed by atoms with Crippen LogP contribution in [-0.2, 0) is 17.6 Å². The molecule has 1 heterocycles. The number of rotatable bonds is 8. The number of aryl methyl sites for hydroxylation is 2. The first-order valence-electron chi connectivity index (χ1n) is 9.98. The number of carboxylic acids is 1. The summed E-state index contributed by atoms with van der Waals surface area (Å²) in [6.07, 6.45) is -4.97. The molecule has 0 bridgehead atoms. The van der Waals surface area contributed by atoms with E-state index in [4.69, 9.17) is 19.0 Å². The molecule has 0 fully saturated rings. The second kappa shape index (κ2) is 9.38. The molecule has 8 heteroatoms. The molecule has 3 rings (SSSR count). The van der Waals surface area contributed by atoms with Crippen molar-refractivity contribution in [3.8, 4) is 22.8 Å². The van der Waals surface area contributed by atoms with E-state index in [2.05, 4.69) is 0 Å². The summed E-state index contributed by atoms with van der Waals surface area (Å²) in [7, 11) is 0. The Balaban J connectivity index is 1.68. The van der Waals surface area contributed by atoms with Crippen LogP contribution in [0.15, 0.2) is 52.9 Å². The molecule has 170 valence electrons. The number of benzene rings is 2. The van der Waals surface area contributed by atoms with Crippen molar-refractivity contribution >= 4 is 5.97 Å². The molecular weight excluding hydrogens is 425 g/mol. The van der Waals surface area contributed by atoms with Crippen molar-refractivity contribution in [2.24, 2.45) is 0 Å². The number of aliphatic carboxylic acids is 1. The number of carboxylic acid groups (broad SMARTS) is 1. The number of halogens is 3. The van der Waals surface area contributed by atoms with Crippen molar-refractivity contribution in [3.05, 3.63) is 71.0 Å². The summed E-state index contributed by atoms with van der Waals surface area (Å²) >= 11 is 0. The van der Waals surface area contributed by atoms with Gasteiger partial charge in [-0.05, 0) is 62.2 Å². The Hall–Kier alpha value is -3.42. The summed E-state index contributed by atoms with van der Waals surface area (Å²) < 4.78 is 55.3. The molecule has 0 saturated heterocycles. The number of furan rings is 1. The topological polar surface area (TPSA) is 68.9 Å². The zero-order chi connectivity index (χ0) is 23.5. The molecule has 0 spiro atoms. The first-order valence-corrected chi connectivity index (χ1v) is 9.98. The molecule has 1 aromatic heterocycles. The lowest BCUT2D eigenvalue weighted by Crippen LogP contribution is -2.26. The largest absolute Gasteiger partial charge is 0.489 e. The molecule has 0 amide bonds. The molecule has 5 nitrogen and oxygen atoms in total. The smallest absolute Gasteiger partial charge is 0.416 e. The van der Waals surface area contributed by atoms with Crippen molar-refractivity contribution in [2.75, 3.05) is 0 Å². The molecule has 1 unspecified atom stereocenters. The number of ether oxygens (including phenoxy) is 2. The van der Waals surface area contributed by atoms with Crippen LogP contribution in [0.2, 0.25) is 0 Å². The Morgan fingerprint density at radius 3 is 2.34 bits per heavy atom. The summed E-state index contributed by atoms with van der Waals surface area (Å²) in [5, 5.41) is 9.14. The van der Waals surface area contributed by atoms with Crippen LogP contribution in [-0.4, -0.2) is 17.2 Å². The third-order valence-corrected chi connectivity index (χ3v) is 4.97. The van der Waals surface area contributed by atoms with Gasteiger partial charge in [0.1, 0.15) is 29.6 Å². The van der Waals surface area contributed by atoms with E-state index in [-0.39, 0.29) is 6.61 Å². The maximum Gasteiger partial charge on any atom is 0.416 e. The van der Waals surface area contributed by atoms with Gasteiger partial charge in [0.2, 0.25) is 0 Å². The average molecular weight is 448 g/mol. The van der Waals surface area contributed by atoms with Crippen LogP contribution in [0.1, 0.15) is 35.8 Å². The van der Waals surface area contributed by atoms with Crippen LogP contribution in [0, 0.1) is 13.8 Å². The lowest BCUT2D eigenvalue weighted by Gasteiger charge is -2.16. The standard InChI is InChI=1S/C24H23F3O5/c1-4-20(23(28)29)32-21-10-9-19(11-14(21)2)30-13-17-12-22(31-15(17)3)16-5-7-18(8-6-16)24(25,26)27/h5-12,20H,4,13H2,1-3H3,(H,28,29). The Morgan fingerprint density at radius 1 is 1.09 bits per heavy atom. The fraction of sp³-hybridized carbons (Fsp3) is 0.292. The second-order valence-electron chi connectivity index (χ2n) is 7.34. The van der Waals surface area contributed by atoms with Gasteiger partial charge in [0.05, 0.1) is 5.56 Å². The maximum atomic E-state index is 12.7. The van der Waals surface area contributed by atoms with Crippen molar-refractivity contribution < 1.29 is 37.0 Å². The van der Waals surface area contributed by atoms with Crippen molar-refractivity contribution in [1.29, 1.82) is 0 Å². The van der Waals surface area contributed by atoms with E-state index < -0.39 is 23.8 Å². The molecule has 1 atom stereocenters. The van der Waals surface area contributed by atoms with E-state index in [0.717, 1.165) is 23.3 Å². The Morgan fingerprint density at radius 2 is 1.78 bits per heavy atom. The predicted octanol–water partition coefficient (Wildman–Crippen LogP) is 6.40. The van der Waals surface area contributed by atoms with E-state index in [0.29, 0.717) is 35.0 Å². The number of hydrogen-bond acceptors (Lipinski definition) is 4. The molecule has 0 radical (unpaired) electrons. The van der Waals surface area contributed by atoms with Gasteiger partial charge in [0, 0.05) is 11.1 Å². The molecule has 0 aliphatic heterocycles. The highest BCUT2D eigenvalue weighted by molar-refractivity contribution is 5.72. The monoisotopic (exact) mass is 448 g/mol. The molecule has 0 saturated carbocycles. The number of carbonyl (C=O) groups is 1. The Bertz CT molecular complexity index is 1080. The zero-order valence-corrected chi connectivity index (χ0v) is 17.8. The maximum absolute atomic E-state index is 12.7. The summed E-state index contributed by atoms with van der Waals surface area (Å²) in [6, 6.07) is 11.6. The lowest BCUT2D eigenvalue weighted by molar-refractivity contribution is -0.145. The van der Waals surface area contributed by atoms with E-state index in [1.54, 1.807) is 45.0 Å². The van der Waals surface area contributed by atoms with E-state index in [1.807, 2.05) is 0 Å². The lowest BCUT2D eigenvalue weighted by atomic mass is 10.1. The quantitative estimate of drug-likeness (QED) is 0.432. The summed E-state index contributed by atoms with van der Waals surface area (Å²) in [4.78, 5) is 11.2. The summed E-state index contributed by atoms with van der Waals surface area (Å²) in [5.74, 6) is 1.06. The van der Waals surface area contributed by atoms with Crippen molar-refractivity contribution in [3.63, 3.8) is 0 Å². The van der Waals surface area contributed by atoms with Crippen LogP contribution in [0.3, 0.4) is 0 Å². The summed E-state index contributed by atoms with van der Waals surface area (Å²) in [5.41, 5.74) is 1.31. The normalized spacial score (nSPS) is 12.4. The second-order valence-corrected chi connectivity index (χ2v) is 7.34. The molecule has 2 aromatic carbocycles. The van der Waals surface area contributed by atoms with Gasteiger partial charge in [-0.15, -0.1) is 0 Å². The van der Waals surface area contributed by atoms with Gasteiger partial charge in [0.25, 0.3) is 0 Å². The minimum absolute atomic E-state index is 0.197. The van der Waals surface area contributed by atoms with Gasteiger partial charge >= 0.3 is 12.1 Å². The van der Waals surface area contributed by atoms with Crippen LogP contribution in [0.25, 0.3) is 11.3 Å². The van der Waals surface area contributed by atoms with E-state index in [9.17, 15) is 18.0 Å². The van der Waals surface area contributed by atoms with Gasteiger partial charge in [-0.25, -0.2) is 4.79 Å². The number of alkyl halides is 3. The van der Waals surface area contributed by atoms with Crippen LogP contribution in [0.4, 0.5) is 13.2 Å². The number of hydrogen-bond donors (Lipinski definition) is 1. The highest BCUT2D eigenvalue weighted by Gasteiger charge is 2.30. The zero-order valence-electron chi connectivity index (χ0n) is 17.8. The minimum atomic E-state index is -4.39. The predicted molar refractivity (Wildman–Crippen MR) is 112 cm³/mol.